The van der Waals surface area contributed by atoms with Gasteiger partial charge in [-0.3, -0.25) is 4.31 Å². The molecule has 0 bridgehead atoms. The van der Waals surface area contributed by atoms with Crippen molar-refractivity contribution in [2.24, 2.45) is 0 Å². The number of nitrogens with zero attached hydrogens (tertiary/aromatic N) is 4. The summed E-state index contributed by atoms with van der Waals surface area (Å²) in [6, 6.07) is 0. The molecule has 0 unspecified atom stereocenters. The van der Waals surface area contributed by atoms with Crippen molar-refractivity contribution in [2.45, 2.75) is 0 Å². The second-order valence-electron chi connectivity index (χ2n) is 2.45. The summed E-state index contributed by atoms with van der Waals surface area (Å²) in [5, 5.41) is 9.95. The van der Waals surface area contributed by atoms with E-state index in [1.807, 2.05) is 0 Å². The molecule has 14 heavy (non-hydrogen) atoms. The molecule has 0 aliphatic carbocycles. The van der Waals surface area contributed by atoms with Crippen LogP contribution in [0.5, 0.6) is 0 Å². The molecule has 78 valence electrons. The number of halogens is 2. The number of hydrogen-bond donors (Lipinski definition) is 0. The SMILES string of the molecule is CN(c1nnnc(Cl)c1Cl)S(C)(=O)=O. The lowest BCUT2D eigenvalue weighted by molar-refractivity contribution is 0.599. The van der Waals surface area contributed by atoms with Gasteiger partial charge in [0.05, 0.1) is 6.26 Å². The van der Waals surface area contributed by atoms with Gasteiger partial charge in [0.15, 0.2) is 11.0 Å². The predicted molar refractivity (Wildman–Crippen MR) is 53.1 cm³/mol. The van der Waals surface area contributed by atoms with Crippen molar-refractivity contribution >= 4 is 39.0 Å². The summed E-state index contributed by atoms with van der Waals surface area (Å²) < 4.78 is 23.1. The fraction of sp³-hybridized carbons (Fsp3) is 0.400. The average Bonchev–Trinajstić information content (AvgIpc) is 2.07. The van der Waals surface area contributed by atoms with Crippen LogP contribution in [0.1, 0.15) is 0 Å². The Morgan fingerprint density at radius 2 is 1.86 bits per heavy atom. The number of anilines is 1. The number of rotatable bonds is 2. The molecule has 0 saturated heterocycles. The molecule has 9 heteroatoms. The minimum absolute atomic E-state index is 0.0467. The summed E-state index contributed by atoms with van der Waals surface area (Å²) in [6.45, 7) is 0. The molecule has 1 rings (SSSR count). The number of hydrogen-bond acceptors (Lipinski definition) is 5. The van der Waals surface area contributed by atoms with E-state index in [0.29, 0.717) is 0 Å². The zero-order valence-electron chi connectivity index (χ0n) is 7.27. The van der Waals surface area contributed by atoms with Gasteiger partial charge in [-0.2, -0.15) is 0 Å². The Morgan fingerprint density at radius 3 is 2.36 bits per heavy atom. The Balaban J connectivity index is 3.28. The van der Waals surface area contributed by atoms with E-state index in [9.17, 15) is 8.42 Å². The van der Waals surface area contributed by atoms with Gasteiger partial charge in [0.1, 0.15) is 5.02 Å². The van der Waals surface area contributed by atoms with E-state index in [2.05, 4.69) is 15.4 Å². The Morgan fingerprint density at radius 1 is 1.29 bits per heavy atom. The third-order valence-corrected chi connectivity index (χ3v) is 3.32. The highest BCUT2D eigenvalue weighted by Gasteiger charge is 2.19. The average molecular weight is 257 g/mol. The van der Waals surface area contributed by atoms with Gasteiger partial charge in [0, 0.05) is 7.05 Å². The molecule has 0 N–H and O–H groups in total. The van der Waals surface area contributed by atoms with Crippen molar-refractivity contribution in [3.63, 3.8) is 0 Å². The molecule has 0 aliphatic heterocycles. The van der Waals surface area contributed by atoms with E-state index in [0.717, 1.165) is 10.6 Å². The molecule has 0 spiro atoms. The largest absolute Gasteiger partial charge is 0.254 e. The van der Waals surface area contributed by atoms with Crippen LogP contribution in [0.25, 0.3) is 0 Å². The van der Waals surface area contributed by atoms with E-state index in [-0.39, 0.29) is 16.0 Å². The molecule has 0 atom stereocenters. The molecule has 0 amide bonds. The van der Waals surface area contributed by atoms with Crippen LogP contribution in [0.3, 0.4) is 0 Å². The highest BCUT2D eigenvalue weighted by molar-refractivity contribution is 7.92. The van der Waals surface area contributed by atoms with E-state index in [1.54, 1.807) is 0 Å². The van der Waals surface area contributed by atoms with Crippen LogP contribution in [0.15, 0.2) is 0 Å². The van der Waals surface area contributed by atoms with Crippen molar-refractivity contribution in [2.75, 3.05) is 17.6 Å². The first-order valence-electron chi connectivity index (χ1n) is 3.32. The highest BCUT2D eigenvalue weighted by atomic mass is 35.5. The molecule has 0 fully saturated rings. The van der Waals surface area contributed by atoms with Crippen LogP contribution < -0.4 is 4.31 Å². The standard InChI is InChI=1S/C5H6Cl2N4O2S/c1-11(14(2,12)13)5-3(6)4(7)8-10-9-5/h1-2H3. The second-order valence-corrected chi connectivity index (χ2v) is 5.20. The smallest absolute Gasteiger partial charge is 0.233 e. The molecule has 1 heterocycles. The first-order chi connectivity index (χ1) is 6.34. The van der Waals surface area contributed by atoms with E-state index < -0.39 is 10.0 Å². The Kier molecular flexibility index (Phi) is 3.13. The fourth-order valence-electron chi connectivity index (χ4n) is 0.642. The van der Waals surface area contributed by atoms with Crippen molar-refractivity contribution in [3.8, 4) is 0 Å². The van der Waals surface area contributed by atoms with Gasteiger partial charge in [-0.25, -0.2) is 8.42 Å². The van der Waals surface area contributed by atoms with Crippen LogP contribution in [-0.2, 0) is 10.0 Å². The third-order valence-electron chi connectivity index (χ3n) is 1.45. The monoisotopic (exact) mass is 256 g/mol. The van der Waals surface area contributed by atoms with Gasteiger partial charge < -0.3 is 0 Å². The van der Waals surface area contributed by atoms with Gasteiger partial charge in [-0.1, -0.05) is 23.2 Å². The summed E-state index contributed by atoms with van der Waals surface area (Å²) in [7, 11) is -2.14. The molecule has 1 aromatic rings. The van der Waals surface area contributed by atoms with Crippen LogP contribution >= 0.6 is 23.2 Å². The highest BCUT2D eigenvalue weighted by Crippen LogP contribution is 2.27. The minimum Gasteiger partial charge on any atom is -0.254 e. The molecule has 0 aliphatic rings. The molecular formula is C5H6Cl2N4O2S. The van der Waals surface area contributed by atoms with Crippen molar-refractivity contribution < 1.29 is 8.42 Å². The van der Waals surface area contributed by atoms with E-state index >= 15 is 0 Å². The zero-order valence-corrected chi connectivity index (χ0v) is 9.60. The van der Waals surface area contributed by atoms with E-state index in [4.69, 9.17) is 23.2 Å². The lowest BCUT2D eigenvalue weighted by Gasteiger charge is -2.15. The van der Waals surface area contributed by atoms with Crippen molar-refractivity contribution in [1.29, 1.82) is 0 Å². The first-order valence-corrected chi connectivity index (χ1v) is 5.92. The fourth-order valence-corrected chi connectivity index (χ4v) is 1.46. The lowest BCUT2D eigenvalue weighted by atomic mass is 10.6. The predicted octanol–water partition coefficient (Wildman–Crippen LogP) is 0.574. The molecular weight excluding hydrogens is 251 g/mol. The summed E-state index contributed by atoms with van der Waals surface area (Å²) in [5.41, 5.74) is 0. The Hall–Kier alpha value is -0.660. The normalized spacial score (nSPS) is 11.4. The van der Waals surface area contributed by atoms with Gasteiger partial charge >= 0.3 is 0 Å². The molecule has 0 saturated carbocycles. The third kappa shape index (κ3) is 2.23. The zero-order chi connectivity index (χ0) is 10.9. The maximum absolute atomic E-state index is 11.1. The molecule has 1 aromatic heterocycles. The van der Waals surface area contributed by atoms with Gasteiger partial charge in [0.2, 0.25) is 10.0 Å². The van der Waals surface area contributed by atoms with E-state index in [1.165, 1.54) is 7.05 Å². The Bertz CT molecular complexity index is 449. The lowest BCUT2D eigenvalue weighted by Crippen LogP contribution is -2.26. The first kappa shape index (κ1) is 11.4. The second kappa shape index (κ2) is 3.84. The van der Waals surface area contributed by atoms with Crippen LogP contribution in [-0.4, -0.2) is 37.1 Å². The topological polar surface area (TPSA) is 76.1 Å². The van der Waals surface area contributed by atoms with Gasteiger partial charge in [-0.05, 0) is 5.21 Å². The van der Waals surface area contributed by atoms with Crippen LogP contribution in [0.2, 0.25) is 10.2 Å². The molecule has 6 nitrogen and oxygen atoms in total. The molecule has 0 aromatic carbocycles. The van der Waals surface area contributed by atoms with Crippen molar-refractivity contribution in [1.82, 2.24) is 15.4 Å². The summed E-state index contributed by atoms with van der Waals surface area (Å²) in [6.07, 6.45) is 1.01. The maximum atomic E-state index is 11.1. The Labute approximate surface area is 90.9 Å². The number of aromatic nitrogens is 3. The van der Waals surface area contributed by atoms with Gasteiger partial charge in [-0.15, -0.1) is 10.2 Å². The quantitative estimate of drug-likeness (QED) is 0.774. The maximum Gasteiger partial charge on any atom is 0.233 e. The summed E-state index contributed by atoms with van der Waals surface area (Å²) in [5.74, 6) is -0.0471. The summed E-state index contributed by atoms with van der Waals surface area (Å²) >= 11 is 11.2. The van der Waals surface area contributed by atoms with Crippen molar-refractivity contribution in [3.05, 3.63) is 10.2 Å². The minimum atomic E-state index is -3.44. The van der Waals surface area contributed by atoms with Crippen LogP contribution in [0.4, 0.5) is 5.82 Å². The summed E-state index contributed by atoms with van der Waals surface area (Å²) in [4.78, 5) is 0. The van der Waals surface area contributed by atoms with Crippen LogP contribution in [0, 0.1) is 0 Å². The number of sulfonamides is 1. The van der Waals surface area contributed by atoms with Gasteiger partial charge in [0.25, 0.3) is 0 Å². The molecule has 0 radical (unpaired) electrons.